The van der Waals surface area contributed by atoms with E-state index < -0.39 is 5.54 Å². The topological polar surface area (TPSA) is 85.6 Å². The zero-order chi connectivity index (χ0) is 17.0. The average molecular weight is 342 g/mol. The van der Waals surface area contributed by atoms with Gasteiger partial charge in [-0.2, -0.15) is 0 Å². The van der Waals surface area contributed by atoms with Gasteiger partial charge in [-0.1, -0.05) is 19.1 Å². The predicted octanol–water partition coefficient (Wildman–Crippen LogP) is 2.10. The van der Waals surface area contributed by atoms with Crippen LogP contribution in [0.5, 0.6) is 0 Å². The lowest BCUT2D eigenvalue weighted by Crippen LogP contribution is -2.43. The molecule has 124 valence electrons. The molecule has 0 saturated carbocycles. The Morgan fingerprint density at radius 2 is 2.12 bits per heavy atom. The molecule has 0 aliphatic heterocycles. The molecule has 1 aromatic carbocycles. The van der Waals surface area contributed by atoms with Gasteiger partial charge in [0.25, 0.3) is 0 Å². The molecule has 3 aromatic rings. The summed E-state index contributed by atoms with van der Waals surface area (Å²) in [5.74, 6) is -0.0234. The molecule has 0 saturated heterocycles. The van der Waals surface area contributed by atoms with E-state index in [9.17, 15) is 4.79 Å². The highest BCUT2D eigenvalue weighted by Crippen LogP contribution is 2.26. The summed E-state index contributed by atoms with van der Waals surface area (Å²) in [4.78, 5) is 16.8. The van der Waals surface area contributed by atoms with Crippen LogP contribution < -0.4 is 5.32 Å². The number of aromatic nitrogens is 5. The van der Waals surface area contributed by atoms with E-state index in [0.29, 0.717) is 6.42 Å². The van der Waals surface area contributed by atoms with Crippen molar-refractivity contribution in [3.63, 3.8) is 0 Å². The minimum absolute atomic E-state index is 0.0234. The number of tetrazole rings is 1. The summed E-state index contributed by atoms with van der Waals surface area (Å²) < 4.78 is 1.57. The van der Waals surface area contributed by atoms with E-state index in [1.165, 1.54) is 6.33 Å². The number of hydrogen-bond acceptors (Lipinski definition) is 6. The van der Waals surface area contributed by atoms with Crippen molar-refractivity contribution in [2.45, 2.75) is 32.2 Å². The molecule has 0 spiro atoms. The second-order valence-electron chi connectivity index (χ2n) is 5.67. The fourth-order valence-corrected chi connectivity index (χ4v) is 3.20. The molecule has 1 N–H and O–H groups in total. The summed E-state index contributed by atoms with van der Waals surface area (Å²) in [5, 5.41) is 17.0. The van der Waals surface area contributed by atoms with E-state index in [4.69, 9.17) is 0 Å². The first kappa shape index (κ1) is 16.3. The molecule has 3 rings (SSSR count). The van der Waals surface area contributed by atoms with Crippen molar-refractivity contribution in [3.8, 4) is 5.69 Å². The largest absolute Gasteiger partial charge is 0.344 e. The number of thiazole rings is 1. The molecule has 0 radical (unpaired) electrons. The highest BCUT2D eigenvalue weighted by molar-refractivity contribution is 7.09. The van der Waals surface area contributed by atoms with E-state index in [0.717, 1.165) is 22.7 Å². The van der Waals surface area contributed by atoms with Gasteiger partial charge in [0.1, 0.15) is 11.3 Å². The maximum atomic E-state index is 12.4. The van der Waals surface area contributed by atoms with Gasteiger partial charge in [0.05, 0.1) is 17.6 Å². The number of benzene rings is 1. The standard InChI is InChI=1S/C16H18N6OS/c1-3-16(2,15-17-8-9-24-15)19-14(23)10-12-4-6-13(7-5-12)22-11-18-20-21-22/h4-9,11H,3,10H2,1-2H3,(H,19,23)/t16-/m0/s1. The number of nitrogens with zero attached hydrogens (tertiary/aromatic N) is 5. The van der Waals surface area contributed by atoms with Crippen molar-refractivity contribution in [1.82, 2.24) is 30.5 Å². The maximum absolute atomic E-state index is 12.4. The van der Waals surface area contributed by atoms with Crippen LogP contribution in [0, 0.1) is 0 Å². The number of rotatable bonds is 6. The lowest BCUT2D eigenvalue weighted by Gasteiger charge is -2.27. The highest BCUT2D eigenvalue weighted by Gasteiger charge is 2.29. The molecule has 24 heavy (non-hydrogen) atoms. The van der Waals surface area contributed by atoms with Gasteiger partial charge in [0, 0.05) is 11.6 Å². The van der Waals surface area contributed by atoms with Gasteiger partial charge in [-0.3, -0.25) is 4.79 Å². The van der Waals surface area contributed by atoms with Gasteiger partial charge >= 0.3 is 0 Å². The molecule has 0 aliphatic rings. The Hall–Kier alpha value is -2.61. The van der Waals surface area contributed by atoms with Crippen LogP contribution in [0.15, 0.2) is 42.2 Å². The van der Waals surface area contributed by atoms with Crippen LogP contribution in [0.2, 0.25) is 0 Å². The Morgan fingerprint density at radius 3 is 2.71 bits per heavy atom. The SMILES string of the molecule is CC[C@](C)(NC(=O)Cc1ccc(-n2cnnn2)cc1)c1nccs1. The third-order valence-corrected chi connectivity index (χ3v) is 4.98. The van der Waals surface area contributed by atoms with Crippen LogP contribution in [0.25, 0.3) is 5.69 Å². The quantitative estimate of drug-likeness (QED) is 0.741. The summed E-state index contributed by atoms with van der Waals surface area (Å²) in [7, 11) is 0. The summed E-state index contributed by atoms with van der Waals surface area (Å²) in [6.45, 7) is 4.05. The Bertz CT molecular complexity index is 785. The normalized spacial score (nSPS) is 13.4. The molecular formula is C16H18N6OS. The van der Waals surface area contributed by atoms with E-state index in [1.54, 1.807) is 22.2 Å². The molecule has 0 unspecified atom stereocenters. The van der Waals surface area contributed by atoms with Crippen LogP contribution in [0.4, 0.5) is 0 Å². The van der Waals surface area contributed by atoms with Crippen LogP contribution >= 0.6 is 11.3 Å². The van der Waals surface area contributed by atoms with Crippen LogP contribution in [-0.4, -0.2) is 31.1 Å². The van der Waals surface area contributed by atoms with Crippen LogP contribution in [0.3, 0.4) is 0 Å². The van der Waals surface area contributed by atoms with Crippen molar-refractivity contribution in [1.29, 1.82) is 0 Å². The van der Waals surface area contributed by atoms with E-state index >= 15 is 0 Å². The molecule has 7 nitrogen and oxygen atoms in total. The predicted molar refractivity (Wildman–Crippen MR) is 90.8 cm³/mol. The summed E-state index contributed by atoms with van der Waals surface area (Å²) >= 11 is 1.56. The fourth-order valence-electron chi connectivity index (χ4n) is 2.37. The average Bonchev–Trinajstić information content (AvgIpc) is 3.29. The number of hydrogen-bond donors (Lipinski definition) is 1. The van der Waals surface area contributed by atoms with Gasteiger partial charge in [0.2, 0.25) is 5.91 Å². The van der Waals surface area contributed by atoms with Crippen molar-refractivity contribution >= 4 is 17.2 Å². The van der Waals surface area contributed by atoms with Crippen molar-refractivity contribution in [2.75, 3.05) is 0 Å². The van der Waals surface area contributed by atoms with Crippen LogP contribution in [-0.2, 0) is 16.8 Å². The summed E-state index contributed by atoms with van der Waals surface area (Å²) in [5.41, 5.74) is 1.35. The molecule has 1 amide bonds. The number of nitrogens with one attached hydrogen (secondary N) is 1. The molecular weight excluding hydrogens is 324 g/mol. The lowest BCUT2D eigenvalue weighted by atomic mass is 9.99. The Balaban J connectivity index is 1.66. The molecule has 2 aromatic heterocycles. The van der Waals surface area contributed by atoms with E-state index in [-0.39, 0.29) is 5.91 Å². The Labute approximate surface area is 143 Å². The van der Waals surface area contributed by atoms with Gasteiger partial charge in [-0.05, 0) is 41.5 Å². The second-order valence-corrected chi connectivity index (χ2v) is 6.56. The van der Waals surface area contributed by atoms with Gasteiger partial charge in [-0.15, -0.1) is 16.4 Å². The first-order chi connectivity index (χ1) is 11.6. The van der Waals surface area contributed by atoms with Crippen molar-refractivity contribution in [2.24, 2.45) is 0 Å². The molecule has 0 aliphatic carbocycles. The molecule has 0 bridgehead atoms. The monoisotopic (exact) mass is 342 g/mol. The number of carbonyl (C=O) groups is 1. The highest BCUT2D eigenvalue weighted by atomic mass is 32.1. The van der Waals surface area contributed by atoms with Crippen LogP contribution in [0.1, 0.15) is 30.8 Å². The Morgan fingerprint density at radius 1 is 1.33 bits per heavy atom. The van der Waals surface area contributed by atoms with Crippen molar-refractivity contribution in [3.05, 3.63) is 52.7 Å². The summed E-state index contributed by atoms with van der Waals surface area (Å²) in [6, 6.07) is 7.59. The number of amides is 1. The first-order valence-electron chi connectivity index (χ1n) is 7.64. The zero-order valence-electron chi connectivity index (χ0n) is 13.5. The zero-order valence-corrected chi connectivity index (χ0v) is 14.3. The first-order valence-corrected chi connectivity index (χ1v) is 8.52. The minimum atomic E-state index is -0.433. The van der Waals surface area contributed by atoms with E-state index in [2.05, 4.69) is 25.8 Å². The van der Waals surface area contributed by atoms with E-state index in [1.807, 2.05) is 43.5 Å². The minimum Gasteiger partial charge on any atom is -0.344 e. The molecule has 0 fully saturated rings. The number of carbonyl (C=O) groups excluding carboxylic acids is 1. The van der Waals surface area contributed by atoms with Gasteiger partial charge in [-0.25, -0.2) is 9.67 Å². The van der Waals surface area contributed by atoms with Gasteiger partial charge < -0.3 is 5.32 Å². The molecule has 1 atom stereocenters. The second kappa shape index (κ2) is 6.88. The lowest BCUT2D eigenvalue weighted by molar-refractivity contribution is -0.122. The smallest absolute Gasteiger partial charge is 0.225 e. The summed E-state index contributed by atoms with van der Waals surface area (Å²) in [6.07, 6.45) is 4.39. The third kappa shape index (κ3) is 3.48. The maximum Gasteiger partial charge on any atom is 0.225 e. The molecule has 2 heterocycles. The third-order valence-electron chi connectivity index (χ3n) is 3.94. The Kier molecular flexibility index (Phi) is 4.66. The fraction of sp³-hybridized carbons (Fsp3) is 0.312. The molecule has 8 heteroatoms. The van der Waals surface area contributed by atoms with Crippen molar-refractivity contribution < 1.29 is 4.79 Å². The van der Waals surface area contributed by atoms with Gasteiger partial charge in [0.15, 0.2) is 0 Å².